The fourth-order valence-electron chi connectivity index (χ4n) is 4.42. The van der Waals surface area contributed by atoms with Gasteiger partial charge in [-0.15, -0.1) is 0 Å². The lowest BCUT2D eigenvalue weighted by molar-refractivity contribution is -0.131. The van der Waals surface area contributed by atoms with Crippen LogP contribution in [0.25, 0.3) is 11.1 Å². The summed E-state index contributed by atoms with van der Waals surface area (Å²) in [6.07, 6.45) is 1.65. The smallest absolute Gasteiger partial charge is 0.231 e. The molecule has 2 aromatic rings. The van der Waals surface area contributed by atoms with Gasteiger partial charge in [-0.25, -0.2) is 0 Å². The van der Waals surface area contributed by atoms with Gasteiger partial charge < -0.3 is 19.1 Å². The molecule has 0 fully saturated rings. The Morgan fingerprint density at radius 3 is 2.92 bits per heavy atom. The molecule has 0 aromatic heterocycles. The van der Waals surface area contributed by atoms with Crippen molar-refractivity contribution in [1.29, 1.82) is 0 Å². The molecule has 2 aliphatic heterocycles. The largest absolute Gasteiger partial charge is 0.497 e. The number of rotatable bonds is 1. The number of benzene rings is 2. The molecule has 0 saturated heterocycles. The van der Waals surface area contributed by atoms with Crippen molar-refractivity contribution in [3.05, 3.63) is 41.0 Å². The van der Waals surface area contributed by atoms with E-state index in [0.29, 0.717) is 0 Å². The third kappa shape index (κ3) is 1.98. The molecular formula is C20H19NO4. The van der Waals surface area contributed by atoms with Gasteiger partial charge in [0.05, 0.1) is 13.2 Å². The lowest BCUT2D eigenvalue weighted by Crippen LogP contribution is -2.41. The predicted molar refractivity (Wildman–Crippen MR) is 92.1 cm³/mol. The third-order valence-corrected chi connectivity index (χ3v) is 5.52. The average Bonchev–Trinajstić information content (AvgIpc) is 3.09. The maximum absolute atomic E-state index is 12.2. The van der Waals surface area contributed by atoms with Gasteiger partial charge in [0.25, 0.3) is 0 Å². The summed E-state index contributed by atoms with van der Waals surface area (Å²) in [4.78, 5) is 14.2. The van der Waals surface area contributed by atoms with Gasteiger partial charge in [-0.2, -0.15) is 0 Å². The highest BCUT2D eigenvalue weighted by molar-refractivity contribution is 5.85. The van der Waals surface area contributed by atoms with Crippen molar-refractivity contribution in [3.63, 3.8) is 0 Å². The fraction of sp³-hybridized carbons (Fsp3) is 0.350. The van der Waals surface area contributed by atoms with Crippen molar-refractivity contribution in [2.45, 2.75) is 25.8 Å². The number of nitrogens with zero attached hydrogens (tertiary/aromatic N) is 1. The first kappa shape index (κ1) is 14.6. The topological polar surface area (TPSA) is 48.0 Å². The second-order valence-electron chi connectivity index (χ2n) is 6.76. The molecule has 0 radical (unpaired) electrons. The van der Waals surface area contributed by atoms with Gasteiger partial charge in [0.15, 0.2) is 11.5 Å². The van der Waals surface area contributed by atoms with Crippen LogP contribution in [0.5, 0.6) is 17.2 Å². The van der Waals surface area contributed by atoms with E-state index >= 15 is 0 Å². The Hall–Kier alpha value is -2.69. The Morgan fingerprint density at radius 1 is 1.24 bits per heavy atom. The summed E-state index contributed by atoms with van der Waals surface area (Å²) in [5, 5.41) is 0. The Bertz CT molecular complexity index is 905. The number of fused-ring (bicyclic) bond motifs is 4. The quantitative estimate of drug-likeness (QED) is 0.802. The van der Waals surface area contributed by atoms with Crippen LogP contribution < -0.4 is 14.2 Å². The lowest BCUT2D eigenvalue weighted by Gasteiger charge is -2.41. The summed E-state index contributed by atoms with van der Waals surface area (Å²) in [5.41, 5.74) is 5.91. The van der Waals surface area contributed by atoms with Crippen LogP contribution in [0.15, 0.2) is 24.3 Å². The van der Waals surface area contributed by atoms with Gasteiger partial charge in [-0.3, -0.25) is 4.79 Å². The zero-order valence-electron chi connectivity index (χ0n) is 14.3. The van der Waals surface area contributed by atoms with Crippen LogP contribution >= 0.6 is 0 Å². The van der Waals surface area contributed by atoms with Crippen LogP contribution in [-0.4, -0.2) is 31.3 Å². The number of hydrogen-bond donors (Lipinski definition) is 0. The molecule has 1 aliphatic carbocycles. The first-order valence-electron chi connectivity index (χ1n) is 8.57. The number of carbonyl (C=O) groups excluding carboxylic acids is 1. The molecule has 0 spiro atoms. The maximum atomic E-state index is 12.2. The Balaban J connectivity index is 1.81. The molecule has 2 aromatic carbocycles. The van der Waals surface area contributed by atoms with Crippen molar-refractivity contribution in [3.8, 4) is 28.4 Å². The van der Waals surface area contributed by atoms with Crippen LogP contribution in [0.1, 0.15) is 29.7 Å². The first-order valence-corrected chi connectivity index (χ1v) is 8.57. The molecule has 2 heterocycles. The number of hydrogen-bond acceptors (Lipinski definition) is 4. The van der Waals surface area contributed by atoms with E-state index in [-0.39, 0.29) is 18.7 Å². The van der Waals surface area contributed by atoms with Crippen molar-refractivity contribution >= 4 is 5.91 Å². The number of amides is 1. The zero-order chi connectivity index (χ0) is 17.1. The van der Waals surface area contributed by atoms with Crippen LogP contribution in [0.3, 0.4) is 0 Å². The first-order chi connectivity index (χ1) is 12.2. The Labute approximate surface area is 146 Å². The second-order valence-corrected chi connectivity index (χ2v) is 6.76. The van der Waals surface area contributed by atoms with Crippen LogP contribution in [0.4, 0.5) is 0 Å². The number of carbonyl (C=O) groups is 1. The van der Waals surface area contributed by atoms with E-state index in [2.05, 4.69) is 18.2 Å². The lowest BCUT2D eigenvalue weighted by atomic mass is 9.76. The normalized spacial score (nSPS) is 19.3. The maximum Gasteiger partial charge on any atom is 0.231 e. The molecule has 25 heavy (non-hydrogen) atoms. The van der Waals surface area contributed by atoms with Crippen molar-refractivity contribution in [2.75, 3.05) is 20.4 Å². The summed E-state index contributed by atoms with van der Waals surface area (Å²) < 4.78 is 16.9. The summed E-state index contributed by atoms with van der Waals surface area (Å²) in [7, 11) is 1.67. The highest BCUT2D eigenvalue weighted by Gasteiger charge is 2.39. The standard InChI is InChI=1S/C20H19NO4/c1-11(22)21-6-5-12-9-17-20(25-10-24-17)19-15-4-3-14(23-2)7-13(15)8-16(21)18(12)19/h3-4,7,9,16H,5-6,8,10H2,1-2H3/t16-/m1/s1. The van der Waals surface area contributed by atoms with Gasteiger partial charge in [-0.1, -0.05) is 6.07 Å². The molecule has 0 saturated carbocycles. The van der Waals surface area contributed by atoms with Gasteiger partial charge in [0.2, 0.25) is 12.7 Å². The highest BCUT2D eigenvalue weighted by Crippen LogP contribution is 2.54. The van der Waals surface area contributed by atoms with Gasteiger partial charge >= 0.3 is 0 Å². The molecule has 5 heteroatoms. The highest BCUT2D eigenvalue weighted by atomic mass is 16.7. The molecule has 3 aliphatic rings. The minimum atomic E-state index is 0.0466. The zero-order valence-corrected chi connectivity index (χ0v) is 14.3. The Morgan fingerprint density at radius 2 is 2.12 bits per heavy atom. The predicted octanol–water partition coefficient (Wildman–Crippen LogP) is 3.09. The SMILES string of the molecule is COc1ccc2c(c1)C[C@@H]1c3c(cc4c(c3-2)OCO4)CCN1C(C)=O. The van der Waals surface area contributed by atoms with E-state index < -0.39 is 0 Å². The van der Waals surface area contributed by atoms with Crippen molar-refractivity contribution < 1.29 is 19.0 Å². The minimum Gasteiger partial charge on any atom is -0.497 e. The molecule has 0 N–H and O–H groups in total. The van der Waals surface area contributed by atoms with Gasteiger partial charge in [0.1, 0.15) is 5.75 Å². The molecule has 1 amide bonds. The minimum absolute atomic E-state index is 0.0466. The molecular weight excluding hydrogens is 318 g/mol. The van der Waals surface area contributed by atoms with E-state index in [4.69, 9.17) is 14.2 Å². The summed E-state index contributed by atoms with van der Waals surface area (Å²) in [5.74, 6) is 2.57. The molecule has 0 bridgehead atoms. The molecule has 1 atom stereocenters. The average molecular weight is 337 g/mol. The van der Waals surface area contributed by atoms with Crippen molar-refractivity contribution in [2.24, 2.45) is 0 Å². The fourth-order valence-corrected chi connectivity index (χ4v) is 4.42. The summed E-state index contributed by atoms with van der Waals surface area (Å²) in [6.45, 7) is 2.64. The summed E-state index contributed by atoms with van der Waals surface area (Å²) >= 11 is 0. The van der Waals surface area contributed by atoms with Gasteiger partial charge in [0, 0.05) is 19.0 Å². The van der Waals surface area contributed by atoms with E-state index in [0.717, 1.165) is 47.8 Å². The molecule has 5 nitrogen and oxygen atoms in total. The molecule has 128 valence electrons. The summed E-state index contributed by atoms with van der Waals surface area (Å²) in [6, 6.07) is 8.28. The van der Waals surface area contributed by atoms with Gasteiger partial charge in [-0.05, 0) is 53.3 Å². The number of ether oxygens (including phenoxy) is 3. The second kappa shape index (κ2) is 5.15. The van der Waals surface area contributed by atoms with Crippen LogP contribution in [-0.2, 0) is 17.6 Å². The third-order valence-electron chi connectivity index (χ3n) is 5.52. The number of methoxy groups -OCH3 is 1. The van der Waals surface area contributed by atoms with Crippen LogP contribution in [0.2, 0.25) is 0 Å². The monoisotopic (exact) mass is 337 g/mol. The van der Waals surface area contributed by atoms with Crippen molar-refractivity contribution in [1.82, 2.24) is 4.90 Å². The van der Waals surface area contributed by atoms with E-state index in [1.807, 2.05) is 11.0 Å². The van der Waals surface area contributed by atoms with E-state index in [1.54, 1.807) is 14.0 Å². The van der Waals surface area contributed by atoms with Crippen LogP contribution in [0, 0.1) is 0 Å². The van der Waals surface area contributed by atoms with E-state index in [1.165, 1.54) is 16.7 Å². The Kier molecular flexibility index (Phi) is 3.02. The molecule has 0 unspecified atom stereocenters. The molecule has 5 rings (SSSR count). The van der Waals surface area contributed by atoms with E-state index in [9.17, 15) is 4.79 Å².